The van der Waals surface area contributed by atoms with Crippen LogP contribution in [0.1, 0.15) is 0 Å². The Morgan fingerprint density at radius 1 is 1.28 bits per heavy atom. The van der Waals surface area contributed by atoms with Crippen molar-refractivity contribution in [1.29, 1.82) is 0 Å². The van der Waals surface area contributed by atoms with Gasteiger partial charge in [0.1, 0.15) is 0 Å². The van der Waals surface area contributed by atoms with Gasteiger partial charge in [-0.3, -0.25) is 9.67 Å². The summed E-state index contributed by atoms with van der Waals surface area (Å²) in [6.07, 6.45) is 0. The zero-order valence-electron chi connectivity index (χ0n) is 9.13. The molecule has 0 spiro atoms. The third kappa shape index (κ3) is 2.07. The molecule has 0 saturated heterocycles. The molecule has 0 fully saturated rings. The molecule has 0 amide bonds. The number of nitrogens with one attached hydrogen (secondary N) is 1. The summed E-state index contributed by atoms with van der Waals surface area (Å²) in [6.45, 7) is 0. The number of nitrogens with zero attached hydrogens (tertiary/aromatic N) is 2. The Morgan fingerprint density at radius 2 is 2.06 bits per heavy atom. The number of aromatic nitrogens is 3. The molecule has 2 heterocycles. The monoisotopic (exact) mass is 337 g/mol. The molecule has 0 bridgehead atoms. The summed E-state index contributed by atoms with van der Waals surface area (Å²) in [7, 11) is 0. The molecule has 90 valence electrons. The first-order valence-electron chi connectivity index (χ1n) is 5.23. The maximum Gasteiger partial charge on any atom is 0.200 e. The molecule has 6 heteroatoms. The van der Waals surface area contributed by atoms with E-state index in [4.69, 9.17) is 12.2 Å². The first kappa shape index (κ1) is 11.8. The van der Waals surface area contributed by atoms with Crippen molar-refractivity contribution in [3.05, 3.63) is 50.3 Å². The highest BCUT2D eigenvalue weighted by Crippen LogP contribution is 2.29. The quantitative estimate of drug-likeness (QED) is 0.702. The van der Waals surface area contributed by atoms with Crippen LogP contribution in [-0.4, -0.2) is 14.8 Å². The van der Waals surface area contributed by atoms with Gasteiger partial charge < -0.3 is 0 Å². The van der Waals surface area contributed by atoms with Gasteiger partial charge in [0.25, 0.3) is 0 Å². The van der Waals surface area contributed by atoms with Gasteiger partial charge in [0.05, 0.1) is 3.79 Å². The fourth-order valence-corrected chi connectivity index (χ4v) is 3.11. The minimum Gasteiger partial charge on any atom is -0.268 e. The lowest BCUT2D eigenvalue weighted by Gasteiger charge is -2.04. The van der Waals surface area contributed by atoms with Crippen LogP contribution in [-0.2, 0) is 0 Å². The minimum atomic E-state index is 0.596. The van der Waals surface area contributed by atoms with Crippen LogP contribution in [0.2, 0.25) is 0 Å². The van der Waals surface area contributed by atoms with Crippen molar-refractivity contribution in [3.63, 3.8) is 0 Å². The van der Waals surface area contributed by atoms with Crippen LogP contribution in [0.25, 0.3) is 17.1 Å². The SMILES string of the molecule is S=c1[nH]nc(-c2csc(Br)c2)n1-c1ccccc1. The first-order chi connectivity index (χ1) is 8.75. The number of halogens is 1. The largest absolute Gasteiger partial charge is 0.268 e. The lowest BCUT2D eigenvalue weighted by Crippen LogP contribution is -1.96. The molecule has 2 aromatic heterocycles. The van der Waals surface area contributed by atoms with Crippen molar-refractivity contribution in [2.75, 3.05) is 0 Å². The molecule has 0 aliphatic rings. The molecule has 3 rings (SSSR count). The van der Waals surface area contributed by atoms with Crippen LogP contribution < -0.4 is 0 Å². The van der Waals surface area contributed by atoms with Crippen LogP contribution in [0.15, 0.2) is 45.6 Å². The second-order valence-corrected chi connectivity index (χ2v) is 6.34. The molecule has 0 unspecified atom stereocenters. The van der Waals surface area contributed by atoms with Crippen LogP contribution >= 0.6 is 39.5 Å². The van der Waals surface area contributed by atoms with Crippen LogP contribution in [0.5, 0.6) is 0 Å². The fraction of sp³-hybridized carbons (Fsp3) is 0. The number of H-pyrrole nitrogens is 1. The molecule has 1 aromatic carbocycles. The van der Waals surface area contributed by atoms with Gasteiger partial charge in [-0.1, -0.05) is 18.2 Å². The van der Waals surface area contributed by atoms with E-state index in [2.05, 4.69) is 31.5 Å². The van der Waals surface area contributed by atoms with Crippen LogP contribution in [0.3, 0.4) is 0 Å². The zero-order valence-corrected chi connectivity index (χ0v) is 12.3. The van der Waals surface area contributed by atoms with E-state index in [-0.39, 0.29) is 0 Å². The van der Waals surface area contributed by atoms with Gasteiger partial charge in [-0.2, -0.15) is 5.10 Å². The number of para-hydroxylation sites is 1. The fourth-order valence-electron chi connectivity index (χ4n) is 1.73. The van der Waals surface area contributed by atoms with Crippen molar-refractivity contribution >= 4 is 39.5 Å². The lowest BCUT2D eigenvalue weighted by molar-refractivity contribution is 1.04. The molecular weight excluding hydrogens is 330 g/mol. The summed E-state index contributed by atoms with van der Waals surface area (Å²) >= 11 is 10.4. The molecule has 0 atom stereocenters. The van der Waals surface area contributed by atoms with Crippen molar-refractivity contribution in [2.45, 2.75) is 0 Å². The molecule has 3 nitrogen and oxygen atoms in total. The molecular formula is C12H8BrN3S2. The Morgan fingerprint density at radius 3 is 2.72 bits per heavy atom. The maximum absolute atomic E-state index is 5.30. The van der Waals surface area contributed by atoms with Gasteiger partial charge in [-0.25, -0.2) is 0 Å². The standard InChI is InChI=1S/C12H8BrN3S2/c13-10-6-8(7-18-10)11-14-15-12(17)16(11)9-4-2-1-3-5-9/h1-7H,(H,15,17). The summed E-state index contributed by atoms with van der Waals surface area (Å²) in [5, 5.41) is 9.21. The summed E-state index contributed by atoms with van der Waals surface area (Å²) in [4.78, 5) is 0. The highest BCUT2D eigenvalue weighted by Gasteiger charge is 2.11. The van der Waals surface area contributed by atoms with Gasteiger partial charge in [0.15, 0.2) is 10.6 Å². The van der Waals surface area contributed by atoms with Gasteiger partial charge in [0.2, 0.25) is 0 Å². The third-order valence-electron chi connectivity index (χ3n) is 2.51. The van der Waals surface area contributed by atoms with Crippen molar-refractivity contribution < 1.29 is 0 Å². The summed E-state index contributed by atoms with van der Waals surface area (Å²) in [5.74, 6) is 0.827. The number of hydrogen-bond donors (Lipinski definition) is 1. The molecule has 0 radical (unpaired) electrons. The predicted octanol–water partition coefficient (Wildman–Crippen LogP) is 4.42. The highest BCUT2D eigenvalue weighted by atomic mass is 79.9. The average molecular weight is 338 g/mol. The number of rotatable bonds is 2. The van der Waals surface area contributed by atoms with E-state index < -0.39 is 0 Å². The van der Waals surface area contributed by atoms with E-state index in [1.165, 1.54) is 0 Å². The normalized spacial score (nSPS) is 10.7. The zero-order chi connectivity index (χ0) is 12.5. The molecule has 1 N–H and O–H groups in total. The second-order valence-electron chi connectivity index (χ2n) is 3.66. The third-order valence-corrected chi connectivity index (χ3v) is 4.29. The summed E-state index contributed by atoms with van der Waals surface area (Å²) < 4.78 is 3.61. The molecule has 0 aliphatic heterocycles. The highest BCUT2D eigenvalue weighted by molar-refractivity contribution is 9.11. The summed E-state index contributed by atoms with van der Waals surface area (Å²) in [5.41, 5.74) is 2.05. The van der Waals surface area contributed by atoms with Crippen molar-refractivity contribution in [2.24, 2.45) is 0 Å². The topological polar surface area (TPSA) is 33.6 Å². The Kier molecular flexibility index (Phi) is 3.15. The van der Waals surface area contributed by atoms with Crippen LogP contribution in [0.4, 0.5) is 0 Å². The lowest BCUT2D eigenvalue weighted by atomic mass is 10.3. The second kappa shape index (κ2) is 4.79. The molecule has 3 aromatic rings. The van der Waals surface area contributed by atoms with E-state index in [1.807, 2.05) is 41.0 Å². The number of aromatic amines is 1. The Bertz CT molecular complexity index is 727. The van der Waals surface area contributed by atoms with Crippen molar-refractivity contribution in [3.8, 4) is 17.1 Å². The number of benzene rings is 1. The van der Waals surface area contributed by atoms with E-state index in [1.54, 1.807) is 11.3 Å². The van der Waals surface area contributed by atoms with E-state index in [0.29, 0.717) is 4.77 Å². The Hall–Kier alpha value is -1.24. The smallest absolute Gasteiger partial charge is 0.200 e. The van der Waals surface area contributed by atoms with Crippen LogP contribution in [0, 0.1) is 4.77 Å². The average Bonchev–Trinajstić information content (AvgIpc) is 2.96. The van der Waals surface area contributed by atoms with E-state index in [0.717, 1.165) is 20.9 Å². The molecule has 0 saturated carbocycles. The first-order valence-corrected chi connectivity index (χ1v) is 7.31. The van der Waals surface area contributed by atoms with Gasteiger partial charge >= 0.3 is 0 Å². The van der Waals surface area contributed by atoms with Gasteiger partial charge in [-0.15, -0.1) is 11.3 Å². The van der Waals surface area contributed by atoms with Gasteiger partial charge in [-0.05, 0) is 46.3 Å². The van der Waals surface area contributed by atoms with Gasteiger partial charge in [0, 0.05) is 16.6 Å². The summed E-state index contributed by atoms with van der Waals surface area (Å²) in [6, 6.07) is 12.0. The molecule has 18 heavy (non-hydrogen) atoms. The molecule has 0 aliphatic carbocycles. The number of thiophene rings is 1. The Balaban J connectivity index is 2.22. The predicted molar refractivity (Wildman–Crippen MR) is 79.8 cm³/mol. The Labute approximate surface area is 121 Å². The van der Waals surface area contributed by atoms with Crippen molar-refractivity contribution in [1.82, 2.24) is 14.8 Å². The van der Waals surface area contributed by atoms with E-state index in [9.17, 15) is 0 Å². The van der Waals surface area contributed by atoms with E-state index >= 15 is 0 Å². The maximum atomic E-state index is 5.30. The number of hydrogen-bond acceptors (Lipinski definition) is 3. The minimum absolute atomic E-state index is 0.596.